The molecule has 4 atom stereocenters. The summed E-state index contributed by atoms with van der Waals surface area (Å²) in [5, 5.41) is 3.16. The van der Waals surface area contributed by atoms with Crippen molar-refractivity contribution < 1.29 is 9.18 Å². The van der Waals surface area contributed by atoms with E-state index in [1.807, 2.05) is 0 Å². The Morgan fingerprint density at radius 3 is 2.55 bits per heavy atom. The number of halogens is 3. The van der Waals surface area contributed by atoms with Crippen LogP contribution in [0.5, 0.6) is 0 Å². The molecule has 5 rings (SSSR count). The Bertz CT molecular complexity index is 636. The van der Waals surface area contributed by atoms with E-state index in [0.717, 1.165) is 19.3 Å². The molecule has 0 aromatic heterocycles. The molecule has 0 aliphatic heterocycles. The Morgan fingerprint density at radius 2 is 1.95 bits per heavy atom. The lowest BCUT2D eigenvalue weighted by molar-refractivity contribution is -0.138. The van der Waals surface area contributed by atoms with Gasteiger partial charge in [-0.05, 0) is 68.6 Å². The minimum Gasteiger partial charge on any atom is -0.323 e. The van der Waals surface area contributed by atoms with Crippen LogP contribution in [0.3, 0.4) is 0 Å². The second-order valence-electron chi connectivity index (χ2n) is 7.47. The molecule has 0 saturated heterocycles. The highest BCUT2D eigenvalue weighted by atomic mass is 79.9. The normalized spacial score (nSPS) is 39.0. The predicted molar refractivity (Wildman–Crippen MR) is 88.8 cm³/mol. The van der Waals surface area contributed by atoms with Gasteiger partial charge in [0.25, 0.3) is 0 Å². The van der Waals surface area contributed by atoms with Gasteiger partial charge < -0.3 is 5.32 Å². The van der Waals surface area contributed by atoms with Crippen molar-refractivity contribution in [3.05, 3.63) is 29.0 Å². The van der Waals surface area contributed by atoms with Gasteiger partial charge in [-0.2, -0.15) is 0 Å². The molecule has 4 saturated carbocycles. The third-order valence-electron chi connectivity index (χ3n) is 5.65. The fourth-order valence-corrected chi connectivity index (χ4v) is 6.87. The van der Waals surface area contributed by atoms with Gasteiger partial charge in [0.05, 0.1) is 11.1 Å². The largest absolute Gasteiger partial charge is 0.323 e. The van der Waals surface area contributed by atoms with Crippen molar-refractivity contribution in [2.24, 2.45) is 17.3 Å². The molecule has 1 amide bonds. The Hall–Kier alpha value is -0.610. The van der Waals surface area contributed by atoms with E-state index < -0.39 is 5.82 Å². The summed E-state index contributed by atoms with van der Waals surface area (Å²) in [5.74, 6) is 0.758. The van der Waals surface area contributed by atoms with Gasteiger partial charge in [0, 0.05) is 9.35 Å². The Kier molecular flexibility index (Phi) is 3.36. The molecule has 5 heteroatoms. The number of benzene rings is 1. The van der Waals surface area contributed by atoms with Crippen LogP contribution in [-0.4, -0.2) is 10.2 Å². The number of alkyl halides is 1. The summed E-state index contributed by atoms with van der Waals surface area (Å²) in [6.45, 7) is 0. The van der Waals surface area contributed by atoms with Crippen molar-refractivity contribution >= 4 is 39.1 Å². The third-order valence-corrected chi connectivity index (χ3v) is 6.81. The summed E-state index contributed by atoms with van der Waals surface area (Å²) in [4.78, 5) is 12.9. The van der Waals surface area contributed by atoms with Crippen LogP contribution >= 0.6 is 27.5 Å². The third kappa shape index (κ3) is 2.39. The van der Waals surface area contributed by atoms with Crippen LogP contribution in [0.2, 0.25) is 5.02 Å². The van der Waals surface area contributed by atoms with Crippen LogP contribution in [0.25, 0.3) is 0 Å². The number of carbonyl (C=O) groups excluding carboxylic acids is 1. The van der Waals surface area contributed by atoms with E-state index >= 15 is 0 Å². The zero-order valence-corrected chi connectivity index (χ0v) is 14.5. The lowest BCUT2D eigenvalue weighted by Gasteiger charge is -2.59. The van der Waals surface area contributed by atoms with Gasteiger partial charge >= 0.3 is 0 Å². The lowest BCUT2D eigenvalue weighted by Crippen LogP contribution is -2.57. The molecular weight excluding hydrogens is 369 g/mol. The van der Waals surface area contributed by atoms with E-state index in [-0.39, 0.29) is 21.3 Å². The second kappa shape index (κ2) is 4.94. The van der Waals surface area contributed by atoms with Crippen LogP contribution in [0.1, 0.15) is 38.5 Å². The topological polar surface area (TPSA) is 29.1 Å². The zero-order chi connectivity index (χ0) is 15.5. The maximum Gasteiger partial charge on any atom is 0.230 e. The fraction of sp³-hybridized carbons (Fsp3) is 0.588. The van der Waals surface area contributed by atoms with Crippen LogP contribution in [0, 0.1) is 23.1 Å². The number of hydrogen-bond acceptors (Lipinski definition) is 1. The summed E-state index contributed by atoms with van der Waals surface area (Å²) in [7, 11) is 0. The van der Waals surface area contributed by atoms with Gasteiger partial charge in [0.1, 0.15) is 5.82 Å². The Balaban J connectivity index is 1.60. The molecule has 4 fully saturated rings. The molecule has 4 bridgehead atoms. The van der Waals surface area contributed by atoms with Gasteiger partial charge in [0.15, 0.2) is 0 Å². The van der Waals surface area contributed by atoms with E-state index in [1.165, 1.54) is 25.3 Å². The first-order valence-electron chi connectivity index (χ1n) is 7.83. The second-order valence-corrected chi connectivity index (χ2v) is 9.59. The van der Waals surface area contributed by atoms with Crippen molar-refractivity contribution in [3.63, 3.8) is 0 Å². The van der Waals surface area contributed by atoms with Crippen molar-refractivity contribution in [1.29, 1.82) is 0 Å². The monoisotopic (exact) mass is 385 g/mol. The first-order valence-corrected chi connectivity index (χ1v) is 9.00. The summed E-state index contributed by atoms with van der Waals surface area (Å²) < 4.78 is 14.1. The number of carbonyl (C=O) groups is 1. The Labute approximate surface area is 142 Å². The van der Waals surface area contributed by atoms with Crippen molar-refractivity contribution in [2.45, 2.75) is 42.8 Å². The standard InChI is InChI=1S/C17H18BrClFNO/c18-17-7-10-3-11(8-17)6-16(5-10,9-17)15(22)21-14-2-1-12(19)4-13(14)20/h1-2,4,10-11H,3,5-9H2,(H,21,22)/t10-,11+,16?,17?. The highest BCUT2D eigenvalue weighted by Gasteiger charge is 2.59. The summed E-state index contributed by atoms with van der Waals surface area (Å²) >= 11 is 9.67. The van der Waals surface area contributed by atoms with Gasteiger partial charge in [0.2, 0.25) is 5.91 Å². The summed E-state index contributed by atoms with van der Waals surface area (Å²) in [6, 6.07) is 4.38. The minimum absolute atomic E-state index is 0.0216. The average molecular weight is 387 g/mol. The molecule has 4 aliphatic carbocycles. The highest BCUT2D eigenvalue weighted by Crippen LogP contribution is 2.64. The number of nitrogens with one attached hydrogen (secondary N) is 1. The van der Waals surface area contributed by atoms with Crippen LogP contribution in [0.4, 0.5) is 10.1 Å². The molecule has 0 heterocycles. The van der Waals surface area contributed by atoms with Crippen molar-refractivity contribution in [3.8, 4) is 0 Å². The first kappa shape index (κ1) is 14.9. The van der Waals surface area contributed by atoms with E-state index in [9.17, 15) is 9.18 Å². The smallest absolute Gasteiger partial charge is 0.230 e. The van der Waals surface area contributed by atoms with E-state index in [4.69, 9.17) is 11.6 Å². The number of hydrogen-bond donors (Lipinski definition) is 1. The molecule has 22 heavy (non-hydrogen) atoms. The van der Waals surface area contributed by atoms with E-state index in [2.05, 4.69) is 21.2 Å². The fourth-order valence-electron chi connectivity index (χ4n) is 5.26. The predicted octanol–water partition coefficient (Wildman–Crippen LogP) is 5.15. The molecule has 1 aromatic rings. The quantitative estimate of drug-likeness (QED) is 0.700. The van der Waals surface area contributed by atoms with Gasteiger partial charge in [-0.1, -0.05) is 27.5 Å². The molecule has 1 N–H and O–H groups in total. The molecular formula is C17H18BrClFNO. The maximum atomic E-state index is 13.9. The van der Waals surface area contributed by atoms with Crippen LogP contribution in [0.15, 0.2) is 18.2 Å². The number of anilines is 1. The number of amides is 1. The highest BCUT2D eigenvalue weighted by molar-refractivity contribution is 9.10. The lowest BCUT2D eigenvalue weighted by atomic mass is 9.49. The zero-order valence-electron chi connectivity index (χ0n) is 12.2. The molecule has 1 aromatic carbocycles. The van der Waals surface area contributed by atoms with Crippen molar-refractivity contribution in [2.75, 3.05) is 5.32 Å². The van der Waals surface area contributed by atoms with E-state index in [1.54, 1.807) is 12.1 Å². The molecule has 0 spiro atoms. The summed E-state index contributed by atoms with van der Waals surface area (Å²) in [5.41, 5.74) is -0.103. The molecule has 2 nitrogen and oxygen atoms in total. The van der Waals surface area contributed by atoms with Crippen LogP contribution in [-0.2, 0) is 4.79 Å². The molecule has 4 aliphatic rings. The van der Waals surface area contributed by atoms with E-state index in [0.29, 0.717) is 16.9 Å². The van der Waals surface area contributed by atoms with Crippen molar-refractivity contribution in [1.82, 2.24) is 0 Å². The first-order chi connectivity index (χ1) is 10.4. The van der Waals surface area contributed by atoms with Gasteiger partial charge in [-0.25, -0.2) is 4.39 Å². The summed E-state index contributed by atoms with van der Waals surface area (Å²) in [6.07, 6.45) is 6.35. The SMILES string of the molecule is O=C(Nc1ccc(Cl)cc1F)C12C[C@@H]3C[C@@H](CC(Br)(C3)C1)C2. The molecule has 0 radical (unpaired) electrons. The Morgan fingerprint density at radius 1 is 1.27 bits per heavy atom. The maximum absolute atomic E-state index is 13.9. The van der Waals surface area contributed by atoms with Gasteiger partial charge in [-0.3, -0.25) is 4.79 Å². The average Bonchev–Trinajstić information content (AvgIpc) is 2.39. The van der Waals surface area contributed by atoms with Gasteiger partial charge in [-0.15, -0.1) is 0 Å². The minimum atomic E-state index is -0.473. The number of rotatable bonds is 2. The molecule has 118 valence electrons. The molecule has 2 unspecified atom stereocenters. The van der Waals surface area contributed by atoms with Crippen LogP contribution < -0.4 is 5.32 Å².